The van der Waals surface area contributed by atoms with E-state index in [4.69, 9.17) is 35.0 Å². The van der Waals surface area contributed by atoms with E-state index in [0.717, 1.165) is 0 Å². The van der Waals surface area contributed by atoms with Crippen LogP contribution in [-0.2, 0) is 30.6 Å². The normalized spacial score (nSPS) is 12.3. The fraction of sp³-hybridized carbons (Fsp3) is 0.378. The number of aryl methyl sites for hydroxylation is 4. The largest absolute Gasteiger partial charge is 0.491 e. The average molecular weight is 905 g/mol. The number of nitrogens with zero attached hydrogens (tertiary/aromatic N) is 8. The van der Waals surface area contributed by atoms with Crippen molar-refractivity contribution in [3.8, 4) is 5.75 Å². The van der Waals surface area contributed by atoms with E-state index in [1.54, 1.807) is 61.8 Å². The number of carbonyl (C=O) groups excluding carboxylic acids is 4. The Bertz CT molecular complexity index is 3000. The van der Waals surface area contributed by atoms with E-state index < -0.39 is 31.9 Å². The van der Waals surface area contributed by atoms with Gasteiger partial charge in [0.1, 0.15) is 28.2 Å². The van der Waals surface area contributed by atoms with Crippen LogP contribution < -0.4 is 26.8 Å². The summed E-state index contributed by atoms with van der Waals surface area (Å²) >= 11 is 0. The second kappa shape index (κ2) is 18.2. The maximum atomic E-state index is 13.9. The molecule has 0 aliphatic rings. The highest BCUT2D eigenvalue weighted by Crippen LogP contribution is 2.37. The van der Waals surface area contributed by atoms with Gasteiger partial charge >= 0.3 is 0 Å². The molecule has 0 saturated carbocycles. The van der Waals surface area contributed by atoms with Crippen LogP contribution in [0.2, 0.25) is 18.1 Å². The van der Waals surface area contributed by atoms with Crippen LogP contribution in [0.3, 0.4) is 0 Å². The SMILES string of the molecule is CCn1nc(C)cc1C(=O)Nc1nc2cc(C(N)=O)cc(OCCCO[Si](C)(C)C(C)(C)C)c2n1CC=CCn1c(NC(=O)c2cc(C)nn2CC)nc2cc(C(N)=O)c3ccoc3c21. The van der Waals surface area contributed by atoms with E-state index in [1.165, 1.54) is 6.26 Å². The number of rotatable bonds is 18. The maximum Gasteiger partial charge on any atom is 0.276 e. The van der Waals surface area contributed by atoms with Crippen molar-refractivity contribution in [2.45, 2.75) is 99.2 Å². The number of primary amides is 2. The Morgan fingerprint density at radius 1 is 0.785 bits per heavy atom. The highest BCUT2D eigenvalue weighted by molar-refractivity contribution is 6.74. The first-order valence-electron chi connectivity index (χ1n) is 21.5. The number of benzene rings is 2. The van der Waals surface area contributed by atoms with Gasteiger partial charge in [0.25, 0.3) is 11.8 Å². The molecular weight excluding hydrogens is 849 g/mol. The topological polar surface area (TPSA) is 247 Å². The van der Waals surface area contributed by atoms with E-state index in [-0.39, 0.29) is 47.8 Å². The first-order chi connectivity index (χ1) is 30.8. The third kappa shape index (κ3) is 9.30. The van der Waals surface area contributed by atoms with E-state index in [0.29, 0.717) is 87.7 Å². The number of hydrogen-bond acceptors (Lipinski definition) is 11. The molecule has 0 spiro atoms. The van der Waals surface area contributed by atoms with Gasteiger partial charge in [-0.3, -0.25) is 39.2 Å². The molecule has 342 valence electrons. The third-order valence-corrected chi connectivity index (χ3v) is 16.2. The second-order valence-electron chi connectivity index (χ2n) is 17.3. The number of hydrogen-bond donors (Lipinski definition) is 4. The Hall–Kier alpha value is -7.06. The number of amides is 4. The molecule has 6 N–H and O–H groups in total. The average Bonchev–Trinajstić information content (AvgIpc) is 4.08. The zero-order valence-corrected chi connectivity index (χ0v) is 39.2. The summed E-state index contributed by atoms with van der Waals surface area (Å²) in [5.41, 5.74) is 16.2. The van der Waals surface area contributed by atoms with Gasteiger partial charge in [-0.05, 0) is 82.2 Å². The van der Waals surface area contributed by atoms with Crippen LogP contribution in [0.1, 0.15) is 94.1 Å². The fourth-order valence-corrected chi connectivity index (χ4v) is 8.47. The van der Waals surface area contributed by atoms with Crippen LogP contribution in [0.4, 0.5) is 11.9 Å². The summed E-state index contributed by atoms with van der Waals surface area (Å²) in [4.78, 5) is 62.3. The number of nitrogens with one attached hydrogen (secondary N) is 2. The molecule has 0 fully saturated rings. The Kier molecular flexibility index (Phi) is 12.9. The first kappa shape index (κ1) is 45.9. The summed E-state index contributed by atoms with van der Waals surface area (Å²) in [5, 5.41) is 15.3. The quantitative estimate of drug-likeness (QED) is 0.0390. The molecule has 5 aromatic heterocycles. The molecule has 0 saturated heterocycles. The molecular formula is C45H56N12O7Si. The molecule has 0 aliphatic carbocycles. The van der Waals surface area contributed by atoms with Gasteiger partial charge in [-0.2, -0.15) is 10.2 Å². The molecule has 0 unspecified atom stereocenters. The Morgan fingerprint density at radius 2 is 1.34 bits per heavy atom. The third-order valence-electron chi connectivity index (χ3n) is 11.7. The van der Waals surface area contributed by atoms with Crippen molar-refractivity contribution in [3.63, 3.8) is 0 Å². The summed E-state index contributed by atoms with van der Waals surface area (Å²) in [6, 6.07) is 9.76. The molecule has 7 aromatic rings. The van der Waals surface area contributed by atoms with Gasteiger partial charge in [-0.1, -0.05) is 32.9 Å². The highest BCUT2D eigenvalue weighted by Gasteiger charge is 2.37. The number of anilines is 2. The lowest BCUT2D eigenvalue weighted by Crippen LogP contribution is -2.41. The van der Waals surface area contributed by atoms with Crippen LogP contribution in [0, 0.1) is 13.8 Å². The Balaban J connectivity index is 1.27. The number of carbonyl (C=O) groups is 4. The predicted molar refractivity (Wildman–Crippen MR) is 250 cm³/mol. The fourth-order valence-electron chi connectivity index (χ4n) is 7.38. The highest BCUT2D eigenvalue weighted by atomic mass is 28.4. The van der Waals surface area contributed by atoms with Crippen molar-refractivity contribution in [2.24, 2.45) is 11.5 Å². The molecule has 5 heterocycles. The van der Waals surface area contributed by atoms with Gasteiger partial charge in [0.2, 0.25) is 23.7 Å². The van der Waals surface area contributed by atoms with Crippen molar-refractivity contribution in [1.29, 1.82) is 0 Å². The molecule has 0 aliphatic heterocycles. The number of fused-ring (bicyclic) bond motifs is 4. The van der Waals surface area contributed by atoms with Crippen LogP contribution in [0.15, 0.2) is 59.2 Å². The number of ether oxygens (including phenoxy) is 1. The lowest BCUT2D eigenvalue weighted by atomic mass is 10.1. The van der Waals surface area contributed by atoms with Gasteiger partial charge in [-0.15, -0.1) is 0 Å². The maximum absolute atomic E-state index is 13.9. The lowest BCUT2D eigenvalue weighted by molar-refractivity contribution is 0.0992. The molecule has 19 nitrogen and oxygen atoms in total. The second-order valence-corrected chi connectivity index (χ2v) is 22.1. The molecule has 4 amide bonds. The van der Waals surface area contributed by atoms with E-state index in [9.17, 15) is 19.2 Å². The van der Waals surface area contributed by atoms with Crippen molar-refractivity contribution < 1.29 is 32.8 Å². The molecule has 0 radical (unpaired) electrons. The van der Waals surface area contributed by atoms with Crippen molar-refractivity contribution >= 4 is 76.9 Å². The zero-order valence-electron chi connectivity index (χ0n) is 38.2. The predicted octanol–water partition coefficient (Wildman–Crippen LogP) is 6.93. The summed E-state index contributed by atoms with van der Waals surface area (Å²) in [5.74, 6) is -1.48. The van der Waals surface area contributed by atoms with Crippen LogP contribution in [0.5, 0.6) is 5.75 Å². The van der Waals surface area contributed by atoms with E-state index in [2.05, 4.69) is 54.7 Å². The van der Waals surface area contributed by atoms with Crippen LogP contribution in [-0.4, -0.2) is 83.8 Å². The van der Waals surface area contributed by atoms with Gasteiger partial charge in [0.15, 0.2) is 13.9 Å². The minimum Gasteiger partial charge on any atom is -0.491 e. The van der Waals surface area contributed by atoms with Gasteiger partial charge in [0.05, 0.1) is 40.9 Å². The molecule has 7 rings (SSSR count). The minimum atomic E-state index is -2.00. The first-order valence-corrected chi connectivity index (χ1v) is 24.4. The van der Waals surface area contributed by atoms with Crippen LogP contribution >= 0.6 is 0 Å². The Labute approximate surface area is 376 Å². The van der Waals surface area contributed by atoms with Crippen molar-refractivity contribution in [3.05, 3.63) is 88.7 Å². The molecule has 65 heavy (non-hydrogen) atoms. The van der Waals surface area contributed by atoms with E-state index in [1.807, 2.05) is 32.9 Å². The van der Waals surface area contributed by atoms with Gasteiger partial charge in [-0.25, -0.2) is 9.97 Å². The van der Waals surface area contributed by atoms with Crippen molar-refractivity contribution in [1.82, 2.24) is 38.7 Å². The van der Waals surface area contributed by atoms with E-state index >= 15 is 0 Å². The monoisotopic (exact) mass is 904 g/mol. The number of allylic oxidation sites excluding steroid dienone is 2. The van der Waals surface area contributed by atoms with Crippen LogP contribution in [0.25, 0.3) is 33.0 Å². The summed E-state index contributed by atoms with van der Waals surface area (Å²) in [6.07, 6.45) is 5.76. The number of aromatic nitrogens is 8. The number of nitrogens with two attached hydrogens (primary N) is 2. The smallest absolute Gasteiger partial charge is 0.276 e. The summed E-state index contributed by atoms with van der Waals surface area (Å²) in [7, 11) is -2.00. The molecule has 20 heteroatoms. The zero-order chi connectivity index (χ0) is 47.0. The number of furan rings is 1. The van der Waals surface area contributed by atoms with Gasteiger partial charge < -0.3 is 34.2 Å². The number of imidazole rings is 2. The van der Waals surface area contributed by atoms with Crippen molar-refractivity contribution in [2.75, 3.05) is 23.8 Å². The summed E-state index contributed by atoms with van der Waals surface area (Å²) in [6.45, 7) is 20.4. The molecule has 2 aromatic carbocycles. The lowest BCUT2D eigenvalue weighted by Gasteiger charge is -2.36. The Morgan fingerprint density at radius 3 is 1.86 bits per heavy atom. The molecule has 0 bridgehead atoms. The van der Waals surface area contributed by atoms with Gasteiger partial charge in [0, 0.05) is 50.2 Å². The summed E-state index contributed by atoms with van der Waals surface area (Å²) < 4.78 is 25.4. The molecule has 0 atom stereocenters. The minimum absolute atomic E-state index is 0.0443. The standard InChI is InChI=1S/C45H56N12O7Si/c1-10-56-33(21-26(3)52-56)41(60)50-43-48-31-23-28(39(46)58)24-35(62-18-14-19-64-65(8,9)45(5,6)7)36(31)54(43)16-12-13-17-55-37-32(25-30(40(47)59)29-15-20-63-38(29)37)49-44(55)51-42(61)34-22-27(4)53-57(34)11-2/h12-13,15,20-25H,10-11,14,16-19H2,1-9H3,(H2,46,58)(H2,47,59)(H,48,50,60)(H,49,51,61).